The number of fused-ring (bicyclic) bond motifs is 2. The van der Waals surface area contributed by atoms with Crippen molar-refractivity contribution in [2.75, 3.05) is 10.2 Å². The molecule has 3 aliphatic rings. The molecular formula is C24H21F5N6O4. The monoisotopic (exact) mass is 552 g/mol. The molecule has 0 amide bonds. The van der Waals surface area contributed by atoms with Crippen LogP contribution < -0.4 is 19.7 Å². The van der Waals surface area contributed by atoms with Gasteiger partial charge in [0.1, 0.15) is 23.3 Å². The van der Waals surface area contributed by atoms with Crippen molar-refractivity contribution in [2.24, 2.45) is 0 Å². The Hall–Kier alpha value is -4.30. The largest absolute Gasteiger partial charge is 0.586 e. The van der Waals surface area contributed by atoms with Gasteiger partial charge in [-0.05, 0) is 37.5 Å². The minimum atomic E-state index is -5.08. The number of carboxylic acids is 1. The SMILES string of the molecule is Cc1nc(NCc2ccc3c(c2)OC(F)(F)O3)cc(N2Cc3cnc(C4CC4)nc3C2)n1.O=C(O)C(F)(F)F. The van der Waals surface area contributed by atoms with Crippen LogP contribution in [0.2, 0.25) is 0 Å². The summed E-state index contributed by atoms with van der Waals surface area (Å²) < 4.78 is 67.2. The van der Waals surface area contributed by atoms with Crippen molar-refractivity contribution in [1.82, 2.24) is 19.9 Å². The number of hydrogen-bond donors (Lipinski definition) is 2. The molecule has 0 spiro atoms. The number of benzene rings is 1. The summed E-state index contributed by atoms with van der Waals surface area (Å²) in [4.78, 5) is 29.4. The van der Waals surface area contributed by atoms with Crippen molar-refractivity contribution in [1.29, 1.82) is 0 Å². The van der Waals surface area contributed by atoms with E-state index in [2.05, 4.69) is 34.6 Å². The van der Waals surface area contributed by atoms with Crippen LogP contribution in [-0.2, 0) is 24.4 Å². The predicted molar refractivity (Wildman–Crippen MR) is 124 cm³/mol. The molecule has 0 radical (unpaired) electrons. The Labute approximate surface area is 217 Å². The van der Waals surface area contributed by atoms with Gasteiger partial charge in [0.15, 0.2) is 11.5 Å². The van der Waals surface area contributed by atoms with Crippen LogP contribution in [0.3, 0.4) is 0 Å². The van der Waals surface area contributed by atoms with Crippen LogP contribution in [0.1, 0.15) is 47.2 Å². The molecule has 4 heterocycles. The number of nitrogens with zero attached hydrogens (tertiary/aromatic N) is 5. The van der Waals surface area contributed by atoms with Gasteiger partial charge < -0.3 is 24.8 Å². The minimum absolute atomic E-state index is 0.0235. The second-order valence-corrected chi connectivity index (χ2v) is 9.09. The fourth-order valence-electron chi connectivity index (χ4n) is 3.97. The molecule has 10 nitrogen and oxygen atoms in total. The highest BCUT2D eigenvalue weighted by Crippen LogP contribution is 2.41. The molecule has 2 aromatic heterocycles. The number of hydrogen-bond acceptors (Lipinski definition) is 9. The van der Waals surface area contributed by atoms with Gasteiger partial charge in [0.2, 0.25) is 0 Å². The number of ether oxygens (including phenoxy) is 2. The topological polar surface area (TPSA) is 123 Å². The van der Waals surface area contributed by atoms with E-state index in [1.807, 2.05) is 19.2 Å². The van der Waals surface area contributed by atoms with Gasteiger partial charge in [-0.25, -0.2) is 24.7 Å². The molecule has 1 saturated carbocycles. The third-order valence-electron chi connectivity index (χ3n) is 5.95. The van der Waals surface area contributed by atoms with E-state index in [1.165, 1.54) is 25.0 Å². The van der Waals surface area contributed by atoms with Crippen LogP contribution in [0.5, 0.6) is 11.5 Å². The van der Waals surface area contributed by atoms with E-state index in [0.717, 1.165) is 28.5 Å². The summed E-state index contributed by atoms with van der Waals surface area (Å²) in [6.07, 6.45) is -4.42. The lowest BCUT2D eigenvalue weighted by Crippen LogP contribution is -2.25. The third kappa shape index (κ3) is 6.23. The van der Waals surface area contributed by atoms with Crippen LogP contribution in [0.15, 0.2) is 30.5 Å². The number of alkyl halides is 5. The van der Waals surface area contributed by atoms with Gasteiger partial charge >= 0.3 is 18.4 Å². The van der Waals surface area contributed by atoms with Gasteiger partial charge in [-0.15, -0.1) is 8.78 Å². The first-order valence-electron chi connectivity index (χ1n) is 11.7. The molecule has 1 fully saturated rings. The van der Waals surface area contributed by atoms with Crippen LogP contribution in [0.25, 0.3) is 0 Å². The number of rotatable bonds is 5. The Morgan fingerprint density at radius 2 is 1.85 bits per heavy atom. The van der Waals surface area contributed by atoms with Gasteiger partial charge in [-0.3, -0.25) is 0 Å². The van der Waals surface area contributed by atoms with E-state index in [4.69, 9.17) is 14.9 Å². The second kappa shape index (κ2) is 9.78. The summed E-state index contributed by atoms with van der Waals surface area (Å²) in [5.41, 5.74) is 2.95. The number of aromatic nitrogens is 4. The zero-order chi connectivity index (χ0) is 27.9. The number of aryl methyl sites for hydroxylation is 1. The molecule has 0 saturated heterocycles. The van der Waals surface area contributed by atoms with Gasteiger partial charge in [0.05, 0.1) is 12.2 Å². The minimum Gasteiger partial charge on any atom is -0.475 e. The molecule has 2 aliphatic heterocycles. The fraction of sp³-hybridized carbons (Fsp3) is 0.375. The van der Waals surface area contributed by atoms with E-state index < -0.39 is 18.4 Å². The average Bonchev–Trinajstić information content (AvgIpc) is 3.53. The molecule has 206 valence electrons. The van der Waals surface area contributed by atoms with Gasteiger partial charge in [-0.1, -0.05) is 6.07 Å². The summed E-state index contributed by atoms with van der Waals surface area (Å²) in [7, 11) is 0. The van der Waals surface area contributed by atoms with Gasteiger partial charge in [0.25, 0.3) is 0 Å². The maximum absolute atomic E-state index is 13.2. The molecule has 39 heavy (non-hydrogen) atoms. The molecule has 0 unspecified atom stereocenters. The standard InChI is InChI=1S/C22H20F2N6O2.C2HF3O2/c1-12-27-19(25-8-13-2-5-17-18(6-13)32-22(23,24)31-17)7-20(28-12)30-10-15-9-26-21(14-3-4-14)29-16(15)11-30;3-2(4,5)1(6)7/h2,5-7,9,14H,3-4,8,10-11H2,1H3,(H,25,27,28);(H,6,7). The van der Waals surface area contributed by atoms with Crippen molar-refractivity contribution >= 4 is 17.6 Å². The maximum Gasteiger partial charge on any atom is 0.586 e. The van der Waals surface area contributed by atoms with Crippen molar-refractivity contribution < 1.29 is 41.3 Å². The number of nitrogens with one attached hydrogen (secondary N) is 1. The van der Waals surface area contributed by atoms with E-state index in [0.29, 0.717) is 37.2 Å². The molecular weight excluding hydrogens is 531 g/mol. The first-order valence-corrected chi connectivity index (χ1v) is 11.7. The van der Waals surface area contributed by atoms with Gasteiger partial charge in [0, 0.05) is 36.8 Å². The zero-order valence-electron chi connectivity index (χ0n) is 20.3. The summed E-state index contributed by atoms with van der Waals surface area (Å²) in [6, 6.07) is 6.60. The van der Waals surface area contributed by atoms with Crippen LogP contribution in [0, 0.1) is 6.92 Å². The first-order chi connectivity index (χ1) is 18.4. The van der Waals surface area contributed by atoms with Crippen LogP contribution in [-0.4, -0.2) is 43.5 Å². The third-order valence-corrected chi connectivity index (χ3v) is 5.95. The van der Waals surface area contributed by atoms with E-state index in [1.54, 1.807) is 6.07 Å². The number of anilines is 2. The normalized spacial score (nSPS) is 16.8. The maximum atomic E-state index is 13.2. The van der Waals surface area contributed by atoms with Crippen molar-refractivity contribution in [3.05, 3.63) is 58.9 Å². The Bertz CT molecular complexity index is 1420. The average molecular weight is 552 g/mol. The Morgan fingerprint density at radius 3 is 2.54 bits per heavy atom. The Morgan fingerprint density at radius 1 is 1.13 bits per heavy atom. The molecule has 0 atom stereocenters. The summed E-state index contributed by atoms with van der Waals surface area (Å²) >= 11 is 0. The van der Waals surface area contributed by atoms with E-state index >= 15 is 0 Å². The predicted octanol–water partition coefficient (Wildman–Crippen LogP) is 4.54. The Balaban J connectivity index is 0.000000392. The first kappa shape index (κ1) is 26.3. The van der Waals surface area contributed by atoms with Crippen molar-refractivity contribution in [3.63, 3.8) is 0 Å². The van der Waals surface area contributed by atoms with Gasteiger partial charge in [-0.2, -0.15) is 13.2 Å². The highest BCUT2D eigenvalue weighted by atomic mass is 19.4. The summed E-state index contributed by atoms with van der Waals surface area (Å²) in [5, 5.41) is 10.4. The van der Waals surface area contributed by atoms with Crippen molar-refractivity contribution in [3.8, 4) is 11.5 Å². The molecule has 1 aliphatic carbocycles. The second-order valence-electron chi connectivity index (χ2n) is 9.09. The lowest BCUT2D eigenvalue weighted by atomic mass is 10.2. The number of halogens is 5. The molecule has 15 heteroatoms. The number of carboxylic acid groups (broad SMARTS) is 1. The highest BCUT2D eigenvalue weighted by molar-refractivity contribution is 5.73. The zero-order valence-corrected chi connectivity index (χ0v) is 20.3. The molecule has 6 rings (SSSR count). The van der Waals surface area contributed by atoms with Crippen molar-refractivity contribution in [2.45, 2.75) is 57.8 Å². The van der Waals surface area contributed by atoms with Crippen LogP contribution >= 0.6 is 0 Å². The summed E-state index contributed by atoms with van der Waals surface area (Å²) in [5.74, 6) is 0.856. The number of aliphatic carboxylic acids is 1. The fourth-order valence-corrected chi connectivity index (χ4v) is 3.97. The molecule has 0 bridgehead atoms. The molecule has 3 aromatic rings. The quantitative estimate of drug-likeness (QED) is 0.436. The summed E-state index contributed by atoms with van der Waals surface area (Å²) in [6.45, 7) is 3.61. The highest BCUT2D eigenvalue weighted by Gasteiger charge is 2.43. The van der Waals surface area contributed by atoms with E-state index in [9.17, 15) is 22.0 Å². The lowest BCUT2D eigenvalue weighted by Gasteiger charge is -2.18. The smallest absolute Gasteiger partial charge is 0.475 e. The molecule has 2 N–H and O–H groups in total. The van der Waals surface area contributed by atoms with E-state index in [-0.39, 0.29) is 11.5 Å². The van der Waals surface area contributed by atoms with Crippen LogP contribution in [0.4, 0.5) is 33.6 Å². The lowest BCUT2D eigenvalue weighted by molar-refractivity contribution is -0.286. The number of carbonyl (C=O) groups is 1. The molecule has 1 aromatic carbocycles. The Kier molecular flexibility index (Phi) is 6.60.